The van der Waals surface area contributed by atoms with Gasteiger partial charge in [-0.3, -0.25) is 13.9 Å². The van der Waals surface area contributed by atoms with Crippen molar-refractivity contribution in [3.05, 3.63) is 68.4 Å². The molecular weight excluding hydrogens is 358 g/mol. The van der Waals surface area contributed by atoms with E-state index in [-0.39, 0.29) is 23.4 Å². The Balaban J connectivity index is 1.84. The van der Waals surface area contributed by atoms with Gasteiger partial charge in [-0.05, 0) is 25.5 Å². The number of anilines is 1. The number of hydrogen-bond donors (Lipinski definition) is 0. The Bertz CT molecular complexity index is 1040. The van der Waals surface area contributed by atoms with Crippen molar-refractivity contribution in [3.63, 3.8) is 0 Å². The van der Waals surface area contributed by atoms with E-state index in [2.05, 4.69) is 4.90 Å². The molecule has 1 aromatic heterocycles. The lowest BCUT2D eigenvalue weighted by Gasteiger charge is -2.39. The third-order valence-corrected chi connectivity index (χ3v) is 5.37. The van der Waals surface area contributed by atoms with Crippen molar-refractivity contribution in [2.75, 3.05) is 11.5 Å². The highest BCUT2D eigenvalue weighted by Gasteiger charge is 2.41. The van der Waals surface area contributed by atoms with Crippen molar-refractivity contribution in [3.8, 4) is 0 Å². The molecule has 28 heavy (non-hydrogen) atoms. The molecule has 1 fully saturated rings. The molecule has 2 atom stereocenters. The predicted molar refractivity (Wildman–Crippen MR) is 107 cm³/mol. The summed E-state index contributed by atoms with van der Waals surface area (Å²) in [5.41, 5.74) is 0.949. The van der Waals surface area contributed by atoms with E-state index in [0.717, 1.165) is 10.1 Å². The molecule has 0 N–H and O–H groups in total. The number of hydrogen-bond acceptors (Lipinski definition) is 5. The molecule has 0 amide bonds. The fourth-order valence-electron chi connectivity index (χ4n) is 3.96. The summed E-state index contributed by atoms with van der Waals surface area (Å²) in [6.07, 6.45) is 3.58. The van der Waals surface area contributed by atoms with Crippen molar-refractivity contribution in [1.82, 2.24) is 9.13 Å². The highest BCUT2D eigenvalue weighted by molar-refractivity contribution is 5.69. The zero-order valence-corrected chi connectivity index (χ0v) is 16.6. The van der Waals surface area contributed by atoms with E-state index in [1.54, 1.807) is 13.1 Å². The van der Waals surface area contributed by atoms with E-state index >= 15 is 0 Å². The first kappa shape index (κ1) is 18.7. The molecular formula is C21H25N3O4. The van der Waals surface area contributed by atoms with Crippen molar-refractivity contribution >= 4 is 11.9 Å². The lowest BCUT2D eigenvalue weighted by atomic mass is 10.0. The van der Waals surface area contributed by atoms with Crippen LogP contribution in [0.15, 0.2) is 46.0 Å². The summed E-state index contributed by atoms with van der Waals surface area (Å²) < 4.78 is 14.6. The molecule has 2 aliphatic rings. The second-order valence-electron chi connectivity index (χ2n) is 7.77. The van der Waals surface area contributed by atoms with E-state index in [1.807, 2.05) is 50.3 Å². The Morgan fingerprint density at radius 2 is 1.82 bits per heavy atom. The van der Waals surface area contributed by atoms with E-state index in [9.17, 15) is 9.59 Å². The summed E-state index contributed by atoms with van der Waals surface area (Å²) in [6, 6.07) is 9.83. The van der Waals surface area contributed by atoms with Crippen LogP contribution in [0.2, 0.25) is 0 Å². The van der Waals surface area contributed by atoms with Gasteiger partial charge in [-0.2, -0.15) is 0 Å². The molecule has 0 aliphatic carbocycles. The Morgan fingerprint density at radius 3 is 2.46 bits per heavy atom. The van der Waals surface area contributed by atoms with Gasteiger partial charge in [0.2, 0.25) is 0 Å². The molecule has 2 aromatic rings. The number of benzene rings is 1. The van der Waals surface area contributed by atoms with Crippen LogP contribution in [-0.4, -0.2) is 33.7 Å². The quantitative estimate of drug-likeness (QED) is 0.806. The zero-order chi connectivity index (χ0) is 20.1. The maximum absolute atomic E-state index is 12.7. The normalized spacial score (nSPS) is 23.1. The van der Waals surface area contributed by atoms with Crippen LogP contribution in [0.1, 0.15) is 25.0 Å². The van der Waals surface area contributed by atoms with Crippen LogP contribution >= 0.6 is 0 Å². The number of fused-ring (bicyclic) bond motifs is 1. The minimum Gasteiger partial charge on any atom is -0.348 e. The summed E-state index contributed by atoms with van der Waals surface area (Å²) in [5, 5.41) is 0. The number of aromatic nitrogens is 2. The molecule has 7 heteroatoms. The maximum atomic E-state index is 12.7. The second kappa shape index (κ2) is 6.76. The fraction of sp³-hybridized carbons (Fsp3) is 0.429. The average Bonchev–Trinajstić information content (AvgIpc) is 3.04. The monoisotopic (exact) mass is 383 g/mol. The first-order valence-electron chi connectivity index (χ1n) is 9.39. The smallest absolute Gasteiger partial charge is 0.332 e. The fourth-order valence-corrected chi connectivity index (χ4v) is 3.96. The topological polar surface area (TPSA) is 65.7 Å². The SMILES string of the molecule is Cn1c2c(c(=O)n(C)c1=O)C=C[C@@H]([C@H]1COC(C)(C)O1)N2Cc1ccccc1. The third-order valence-electron chi connectivity index (χ3n) is 5.37. The number of ether oxygens (including phenoxy) is 2. The lowest BCUT2D eigenvalue weighted by molar-refractivity contribution is -0.139. The molecule has 0 bridgehead atoms. The first-order valence-corrected chi connectivity index (χ1v) is 9.39. The molecule has 4 rings (SSSR count). The second-order valence-corrected chi connectivity index (χ2v) is 7.77. The Labute approximate surface area is 163 Å². The molecule has 2 aliphatic heterocycles. The van der Waals surface area contributed by atoms with Crippen LogP contribution in [0.25, 0.3) is 6.08 Å². The van der Waals surface area contributed by atoms with Crippen molar-refractivity contribution < 1.29 is 9.47 Å². The van der Waals surface area contributed by atoms with E-state index < -0.39 is 5.79 Å². The van der Waals surface area contributed by atoms with Crippen molar-refractivity contribution in [1.29, 1.82) is 0 Å². The Morgan fingerprint density at radius 1 is 1.11 bits per heavy atom. The first-order chi connectivity index (χ1) is 13.3. The van der Waals surface area contributed by atoms with E-state index in [4.69, 9.17) is 9.47 Å². The Kier molecular flexibility index (Phi) is 4.51. The molecule has 3 heterocycles. The number of nitrogens with zero attached hydrogens (tertiary/aromatic N) is 3. The van der Waals surface area contributed by atoms with Crippen LogP contribution in [0, 0.1) is 0 Å². The van der Waals surface area contributed by atoms with Gasteiger partial charge in [0.15, 0.2) is 5.79 Å². The summed E-state index contributed by atoms with van der Waals surface area (Å²) >= 11 is 0. The van der Waals surface area contributed by atoms with Crippen LogP contribution in [-0.2, 0) is 30.1 Å². The molecule has 0 spiro atoms. The van der Waals surface area contributed by atoms with Crippen molar-refractivity contribution in [2.45, 2.75) is 38.3 Å². The summed E-state index contributed by atoms with van der Waals surface area (Å²) in [4.78, 5) is 27.4. The van der Waals surface area contributed by atoms with Crippen LogP contribution in [0.5, 0.6) is 0 Å². The molecule has 0 unspecified atom stereocenters. The summed E-state index contributed by atoms with van der Waals surface area (Å²) in [7, 11) is 3.20. The molecule has 0 saturated carbocycles. The predicted octanol–water partition coefficient (Wildman–Crippen LogP) is 1.64. The third kappa shape index (κ3) is 3.10. The van der Waals surface area contributed by atoms with Gasteiger partial charge in [0.25, 0.3) is 5.56 Å². The number of rotatable bonds is 3. The van der Waals surface area contributed by atoms with Gasteiger partial charge in [-0.1, -0.05) is 36.4 Å². The molecule has 7 nitrogen and oxygen atoms in total. The standard InChI is InChI=1S/C21H25N3O4/c1-21(2)27-13-17(28-21)16-11-10-15-18(22(3)20(26)23(4)19(15)25)24(16)12-14-8-6-5-7-9-14/h5-11,16-17H,12-13H2,1-4H3/t16-,17+/m0/s1. The molecule has 0 radical (unpaired) electrons. The maximum Gasteiger partial charge on any atom is 0.332 e. The van der Waals surface area contributed by atoms with Crippen molar-refractivity contribution in [2.24, 2.45) is 14.1 Å². The van der Waals surface area contributed by atoms with Gasteiger partial charge in [0, 0.05) is 20.6 Å². The summed E-state index contributed by atoms with van der Waals surface area (Å²) in [6.45, 7) is 4.77. The van der Waals surface area contributed by atoms with Crippen LogP contribution in [0.4, 0.5) is 5.82 Å². The molecule has 1 saturated heterocycles. The largest absolute Gasteiger partial charge is 0.348 e. The highest BCUT2D eigenvalue weighted by atomic mass is 16.7. The summed E-state index contributed by atoms with van der Waals surface area (Å²) in [5.74, 6) is -0.0478. The van der Waals surface area contributed by atoms with Gasteiger partial charge in [0.05, 0.1) is 18.2 Å². The zero-order valence-electron chi connectivity index (χ0n) is 16.6. The van der Waals surface area contributed by atoms with E-state index in [0.29, 0.717) is 24.5 Å². The Hall–Kier alpha value is -2.64. The van der Waals surface area contributed by atoms with E-state index in [1.165, 1.54) is 11.6 Å². The molecule has 1 aromatic carbocycles. The highest BCUT2D eigenvalue weighted by Crippen LogP contribution is 2.33. The van der Waals surface area contributed by atoms with Crippen LogP contribution in [0.3, 0.4) is 0 Å². The lowest BCUT2D eigenvalue weighted by Crippen LogP contribution is -2.50. The van der Waals surface area contributed by atoms with Gasteiger partial charge >= 0.3 is 5.69 Å². The van der Waals surface area contributed by atoms with Gasteiger partial charge < -0.3 is 14.4 Å². The molecule has 148 valence electrons. The average molecular weight is 383 g/mol. The van der Waals surface area contributed by atoms with Gasteiger partial charge in [-0.25, -0.2) is 4.79 Å². The minimum absolute atomic E-state index is 0.160. The van der Waals surface area contributed by atoms with Crippen LogP contribution < -0.4 is 16.1 Å². The van der Waals surface area contributed by atoms with Gasteiger partial charge in [-0.15, -0.1) is 0 Å². The minimum atomic E-state index is -0.657. The van der Waals surface area contributed by atoms with Gasteiger partial charge in [0.1, 0.15) is 11.9 Å².